The molecule has 0 spiro atoms. The molecule has 0 atom stereocenters. The van der Waals surface area contributed by atoms with Crippen LogP contribution in [0.5, 0.6) is 0 Å². The minimum absolute atomic E-state index is 0.269. The van der Waals surface area contributed by atoms with Crippen molar-refractivity contribution in [2.75, 3.05) is 6.54 Å². The van der Waals surface area contributed by atoms with E-state index in [0.29, 0.717) is 18.7 Å². The number of benzene rings is 1. The summed E-state index contributed by atoms with van der Waals surface area (Å²) in [7, 11) is 0. The molecule has 1 aromatic carbocycles. The summed E-state index contributed by atoms with van der Waals surface area (Å²) in [4.78, 5) is 0. The minimum atomic E-state index is -0.269. The number of halogens is 1. The Morgan fingerprint density at radius 3 is 2.81 bits per heavy atom. The predicted molar refractivity (Wildman–Crippen MR) is 61.0 cm³/mol. The van der Waals surface area contributed by atoms with E-state index < -0.39 is 0 Å². The van der Waals surface area contributed by atoms with Gasteiger partial charge in [0.2, 0.25) is 0 Å². The zero-order valence-electron chi connectivity index (χ0n) is 9.15. The standard InChI is InChI=1S/C12H14FN3/c1-9-6-8-16(15-9)12-10(5-7-14)3-2-4-11(12)13/h2-4,6,8H,5,7,14H2,1H3. The number of aromatic nitrogens is 2. The molecule has 0 radical (unpaired) electrons. The quantitative estimate of drug-likeness (QED) is 0.855. The molecule has 0 aliphatic rings. The summed E-state index contributed by atoms with van der Waals surface area (Å²) >= 11 is 0. The molecule has 0 fully saturated rings. The van der Waals surface area contributed by atoms with E-state index in [1.807, 2.05) is 19.1 Å². The van der Waals surface area contributed by atoms with Crippen LogP contribution in [0.3, 0.4) is 0 Å². The molecule has 0 aliphatic heterocycles. The molecule has 0 amide bonds. The Hall–Kier alpha value is -1.68. The van der Waals surface area contributed by atoms with Gasteiger partial charge in [-0.3, -0.25) is 0 Å². The van der Waals surface area contributed by atoms with Crippen molar-refractivity contribution >= 4 is 0 Å². The average molecular weight is 219 g/mol. The maximum absolute atomic E-state index is 13.8. The second-order valence-corrected chi connectivity index (χ2v) is 3.69. The molecule has 0 saturated heterocycles. The maximum Gasteiger partial charge on any atom is 0.149 e. The lowest BCUT2D eigenvalue weighted by Crippen LogP contribution is -2.09. The van der Waals surface area contributed by atoms with Gasteiger partial charge in [-0.2, -0.15) is 5.10 Å². The summed E-state index contributed by atoms with van der Waals surface area (Å²) in [5.74, 6) is -0.269. The van der Waals surface area contributed by atoms with Crippen molar-refractivity contribution in [2.45, 2.75) is 13.3 Å². The molecular weight excluding hydrogens is 205 g/mol. The zero-order chi connectivity index (χ0) is 11.5. The first kappa shape index (κ1) is 10.8. The maximum atomic E-state index is 13.8. The highest BCUT2D eigenvalue weighted by atomic mass is 19.1. The van der Waals surface area contributed by atoms with E-state index in [1.165, 1.54) is 6.07 Å². The van der Waals surface area contributed by atoms with Gasteiger partial charge in [0.25, 0.3) is 0 Å². The monoisotopic (exact) mass is 219 g/mol. The largest absolute Gasteiger partial charge is 0.330 e. The van der Waals surface area contributed by atoms with Crippen molar-refractivity contribution in [3.8, 4) is 5.69 Å². The Kier molecular flexibility index (Phi) is 3.01. The van der Waals surface area contributed by atoms with Gasteiger partial charge in [0.1, 0.15) is 11.5 Å². The van der Waals surface area contributed by atoms with E-state index in [2.05, 4.69) is 5.10 Å². The fourth-order valence-corrected chi connectivity index (χ4v) is 1.71. The number of nitrogens with zero attached hydrogens (tertiary/aromatic N) is 2. The van der Waals surface area contributed by atoms with Gasteiger partial charge >= 0.3 is 0 Å². The molecule has 0 unspecified atom stereocenters. The molecule has 2 aromatic rings. The van der Waals surface area contributed by atoms with Gasteiger partial charge in [0.05, 0.1) is 5.69 Å². The van der Waals surface area contributed by atoms with Crippen LogP contribution in [0.2, 0.25) is 0 Å². The van der Waals surface area contributed by atoms with Crippen LogP contribution in [0.15, 0.2) is 30.5 Å². The van der Waals surface area contributed by atoms with Crippen LogP contribution in [0, 0.1) is 12.7 Å². The van der Waals surface area contributed by atoms with Crippen molar-refractivity contribution in [3.05, 3.63) is 47.5 Å². The molecule has 4 heteroatoms. The summed E-state index contributed by atoms with van der Waals surface area (Å²) in [6.45, 7) is 2.37. The van der Waals surface area contributed by atoms with Crippen LogP contribution in [0.25, 0.3) is 5.69 Å². The van der Waals surface area contributed by atoms with E-state index >= 15 is 0 Å². The van der Waals surface area contributed by atoms with Crippen LogP contribution >= 0.6 is 0 Å². The van der Waals surface area contributed by atoms with Gasteiger partial charge in [-0.25, -0.2) is 9.07 Å². The second-order valence-electron chi connectivity index (χ2n) is 3.69. The molecule has 0 bridgehead atoms. The van der Waals surface area contributed by atoms with E-state index in [0.717, 1.165) is 11.3 Å². The molecule has 1 heterocycles. The summed E-state index contributed by atoms with van der Waals surface area (Å²) in [5, 5.41) is 4.22. The van der Waals surface area contributed by atoms with Gasteiger partial charge in [-0.05, 0) is 37.6 Å². The number of aryl methyl sites for hydroxylation is 1. The number of rotatable bonds is 3. The van der Waals surface area contributed by atoms with E-state index in [9.17, 15) is 4.39 Å². The van der Waals surface area contributed by atoms with E-state index in [1.54, 1.807) is 16.9 Å². The Bertz CT molecular complexity index is 491. The van der Waals surface area contributed by atoms with Crippen molar-refractivity contribution in [1.82, 2.24) is 9.78 Å². The number of hydrogen-bond acceptors (Lipinski definition) is 2. The summed E-state index contributed by atoms with van der Waals surface area (Å²) in [5.41, 5.74) is 7.75. The third-order valence-electron chi connectivity index (χ3n) is 2.44. The van der Waals surface area contributed by atoms with Crippen LogP contribution in [-0.4, -0.2) is 16.3 Å². The van der Waals surface area contributed by atoms with Gasteiger partial charge in [-0.1, -0.05) is 12.1 Å². The fraction of sp³-hybridized carbons (Fsp3) is 0.250. The van der Waals surface area contributed by atoms with Crippen LogP contribution in [0.4, 0.5) is 4.39 Å². The van der Waals surface area contributed by atoms with Crippen LogP contribution < -0.4 is 5.73 Å². The molecule has 2 N–H and O–H groups in total. The number of nitrogens with two attached hydrogens (primary N) is 1. The molecule has 16 heavy (non-hydrogen) atoms. The third-order valence-corrected chi connectivity index (χ3v) is 2.44. The molecule has 1 aromatic heterocycles. The fourth-order valence-electron chi connectivity index (χ4n) is 1.71. The molecule has 0 saturated carbocycles. The van der Waals surface area contributed by atoms with Crippen molar-refractivity contribution in [2.24, 2.45) is 5.73 Å². The highest BCUT2D eigenvalue weighted by molar-refractivity contribution is 5.42. The highest BCUT2D eigenvalue weighted by Gasteiger charge is 2.10. The zero-order valence-corrected chi connectivity index (χ0v) is 9.15. The Balaban J connectivity index is 2.53. The molecule has 0 aliphatic carbocycles. The molecular formula is C12H14FN3. The topological polar surface area (TPSA) is 43.8 Å². The third kappa shape index (κ3) is 1.97. The van der Waals surface area contributed by atoms with Crippen molar-refractivity contribution < 1.29 is 4.39 Å². The first-order chi connectivity index (χ1) is 7.72. The Morgan fingerprint density at radius 1 is 1.38 bits per heavy atom. The normalized spacial score (nSPS) is 10.7. The van der Waals surface area contributed by atoms with Crippen molar-refractivity contribution in [3.63, 3.8) is 0 Å². The van der Waals surface area contributed by atoms with Crippen LogP contribution in [-0.2, 0) is 6.42 Å². The molecule has 3 nitrogen and oxygen atoms in total. The smallest absolute Gasteiger partial charge is 0.149 e. The first-order valence-electron chi connectivity index (χ1n) is 5.22. The summed E-state index contributed by atoms with van der Waals surface area (Å²) in [6, 6.07) is 6.85. The van der Waals surface area contributed by atoms with Crippen molar-refractivity contribution in [1.29, 1.82) is 0 Å². The molecule has 2 rings (SSSR count). The summed E-state index contributed by atoms with van der Waals surface area (Å²) in [6.07, 6.45) is 2.40. The number of hydrogen-bond donors (Lipinski definition) is 1. The lowest BCUT2D eigenvalue weighted by Gasteiger charge is -2.09. The highest BCUT2D eigenvalue weighted by Crippen LogP contribution is 2.18. The first-order valence-corrected chi connectivity index (χ1v) is 5.22. The lowest BCUT2D eigenvalue weighted by atomic mass is 10.1. The van der Waals surface area contributed by atoms with Crippen LogP contribution in [0.1, 0.15) is 11.3 Å². The Labute approximate surface area is 93.7 Å². The second kappa shape index (κ2) is 4.45. The minimum Gasteiger partial charge on any atom is -0.330 e. The van der Waals surface area contributed by atoms with Gasteiger partial charge < -0.3 is 5.73 Å². The van der Waals surface area contributed by atoms with E-state index in [4.69, 9.17) is 5.73 Å². The van der Waals surface area contributed by atoms with Gasteiger partial charge in [0.15, 0.2) is 0 Å². The average Bonchev–Trinajstić information content (AvgIpc) is 2.65. The molecule has 84 valence electrons. The summed E-state index contributed by atoms with van der Waals surface area (Å²) < 4.78 is 15.3. The Morgan fingerprint density at radius 2 is 2.19 bits per heavy atom. The van der Waals surface area contributed by atoms with E-state index in [-0.39, 0.29) is 5.82 Å². The predicted octanol–water partition coefficient (Wildman–Crippen LogP) is 1.82. The lowest BCUT2D eigenvalue weighted by molar-refractivity contribution is 0.606. The van der Waals surface area contributed by atoms with Gasteiger partial charge in [0, 0.05) is 6.20 Å². The SMILES string of the molecule is Cc1ccn(-c2c(F)cccc2CCN)n1. The number of para-hydroxylation sites is 1. The van der Waals surface area contributed by atoms with Gasteiger partial charge in [-0.15, -0.1) is 0 Å².